The molecule has 2 aromatic heterocycles. The van der Waals surface area contributed by atoms with Gasteiger partial charge in [0, 0.05) is 67.3 Å². The first kappa shape index (κ1) is 29.5. The van der Waals surface area contributed by atoms with Gasteiger partial charge in [0.05, 0.1) is 29.1 Å². The average Bonchev–Trinajstić information content (AvgIpc) is 3.61. The van der Waals surface area contributed by atoms with Gasteiger partial charge in [-0.3, -0.25) is 4.79 Å². The predicted molar refractivity (Wildman–Crippen MR) is 156 cm³/mol. The van der Waals surface area contributed by atoms with Crippen molar-refractivity contribution in [3.63, 3.8) is 0 Å². The summed E-state index contributed by atoms with van der Waals surface area (Å²) in [5.41, 5.74) is -1.83. The van der Waals surface area contributed by atoms with Gasteiger partial charge in [-0.1, -0.05) is 0 Å². The number of carbonyl (C=O) groups is 1. The molecule has 2 aliphatic rings. The summed E-state index contributed by atoms with van der Waals surface area (Å²) in [6, 6.07) is 5.70. The number of anilines is 3. The second-order valence-corrected chi connectivity index (χ2v) is 11.7. The van der Waals surface area contributed by atoms with Crippen molar-refractivity contribution in [2.75, 3.05) is 47.8 Å². The Balaban J connectivity index is 1.30. The zero-order valence-electron chi connectivity index (χ0n) is 22.4. The van der Waals surface area contributed by atoms with E-state index < -0.39 is 46.7 Å². The highest BCUT2D eigenvalue weighted by Gasteiger charge is 2.38. The average molecular weight is 715 g/mol. The highest BCUT2D eigenvalue weighted by Crippen LogP contribution is 2.40. The zero-order valence-corrected chi connectivity index (χ0v) is 24.5. The number of rotatable bonds is 5. The van der Waals surface area contributed by atoms with Gasteiger partial charge in [-0.05, 0) is 49.2 Å². The van der Waals surface area contributed by atoms with Crippen molar-refractivity contribution in [2.45, 2.75) is 25.1 Å². The second-order valence-electron chi connectivity index (χ2n) is 10.3. The van der Waals surface area contributed by atoms with Crippen LogP contribution < -0.4 is 15.1 Å². The molecule has 1 N–H and O–H groups in total. The molecule has 0 bridgehead atoms. The van der Waals surface area contributed by atoms with Crippen molar-refractivity contribution in [1.29, 1.82) is 0 Å². The van der Waals surface area contributed by atoms with E-state index in [-0.39, 0.29) is 35.7 Å². The summed E-state index contributed by atoms with van der Waals surface area (Å²) in [4.78, 5) is 21.0. The Morgan fingerprint density at radius 2 is 1.74 bits per heavy atom. The standard InChI is InChI=1S/C28H24F6IN7O/c29-16-3-4-20(30)17(12-16)23-2-1-6-41(23)25-5-7-42-26(38-25)22(15-36-42)37-27(43)18-13-19(28(32,33)34)24(14-21(18)31)39-8-10-40(35)11-9-39/h3-5,7,12-15,23H,1-2,6,8-11H2,(H,37,43)/t23-/m1/s1. The van der Waals surface area contributed by atoms with Gasteiger partial charge in [-0.25, -0.2) is 25.8 Å². The maximum absolute atomic E-state index is 15.2. The third-order valence-corrected chi connectivity index (χ3v) is 8.63. The Labute approximate surface area is 255 Å². The molecule has 1 amide bonds. The molecular formula is C28H24F6IN7O. The monoisotopic (exact) mass is 715 g/mol. The molecule has 0 saturated carbocycles. The maximum Gasteiger partial charge on any atom is 0.418 e. The lowest BCUT2D eigenvalue weighted by atomic mass is 10.0. The highest BCUT2D eigenvalue weighted by molar-refractivity contribution is 14.1. The number of aromatic nitrogens is 3. The second kappa shape index (κ2) is 11.5. The summed E-state index contributed by atoms with van der Waals surface area (Å²) < 4.78 is 89.2. The highest BCUT2D eigenvalue weighted by atomic mass is 127. The Morgan fingerprint density at radius 3 is 2.49 bits per heavy atom. The van der Waals surface area contributed by atoms with Crippen LogP contribution in [0.15, 0.2) is 48.8 Å². The largest absolute Gasteiger partial charge is 0.418 e. The van der Waals surface area contributed by atoms with Crippen molar-refractivity contribution in [3.05, 3.63) is 82.9 Å². The summed E-state index contributed by atoms with van der Waals surface area (Å²) in [5, 5.41) is 6.56. The van der Waals surface area contributed by atoms with Gasteiger partial charge in [-0.15, -0.1) is 0 Å². The van der Waals surface area contributed by atoms with Crippen LogP contribution in [0, 0.1) is 17.5 Å². The van der Waals surface area contributed by atoms with E-state index in [0.717, 1.165) is 24.3 Å². The Morgan fingerprint density at radius 1 is 0.977 bits per heavy atom. The predicted octanol–water partition coefficient (Wildman–Crippen LogP) is 6.23. The van der Waals surface area contributed by atoms with Crippen molar-refractivity contribution >= 4 is 51.6 Å². The summed E-state index contributed by atoms with van der Waals surface area (Å²) in [6.45, 7) is 2.06. The van der Waals surface area contributed by atoms with Crippen molar-refractivity contribution < 1.29 is 31.1 Å². The van der Waals surface area contributed by atoms with Crippen LogP contribution in [0.5, 0.6) is 0 Å². The summed E-state index contributed by atoms with van der Waals surface area (Å²) >= 11 is 2.08. The number of amides is 1. The molecule has 15 heteroatoms. The summed E-state index contributed by atoms with van der Waals surface area (Å²) in [6.07, 6.45) is -0.773. The Bertz CT molecular complexity index is 1690. The van der Waals surface area contributed by atoms with Crippen LogP contribution in [0.1, 0.15) is 40.4 Å². The first-order valence-corrected chi connectivity index (χ1v) is 14.4. The molecule has 2 saturated heterocycles. The lowest BCUT2D eigenvalue weighted by Crippen LogP contribution is -2.43. The van der Waals surface area contributed by atoms with E-state index >= 15 is 4.39 Å². The summed E-state index contributed by atoms with van der Waals surface area (Å²) in [5.74, 6) is -2.91. The number of hydrogen-bond donors (Lipinski definition) is 1. The number of alkyl halides is 3. The van der Waals surface area contributed by atoms with E-state index in [1.54, 1.807) is 12.3 Å². The normalized spacial score (nSPS) is 18.1. The minimum absolute atomic E-state index is 0.0368. The smallest absolute Gasteiger partial charge is 0.368 e. The Kier molecular flexibility index (Phi) is 7.87. The molecule has 0 unspecified atom stereocenters. The minimum atomic E-state index is -4.83. The van der Waals surface area contributed by atoms with Gasteiger partial charge < -0.3 is 15.1 Å². The number of hydrogen-bond acceptors (Lipinski definition) is 6. The molecule has 8 nitrogen and oxygen atoms in total. The maximum atomic E-state index is 15.2. The van der Waals surface area contributed by atoms with E-state index in [0.29, 0.717) is 44.4 Å². The molecule has 0 spiro atoms. The van der Waals surface area contributed by atoms with Crippen LogP contribution >= 0.6 is 22.9 Å². The number of nitrogens with zero attached hydrogens (tertiary/aromatic N) is 6. The minimum Gasteiger partial charge on any atom is -0.368 e. The van der Waals surface area contributed by atoms with Gasteiger partial charge in [0.25, 0.3) is 5.91 Å². The topological polar surface area (TPSA) is 69.0 Å². The molecule has 6 rings (SSSR count). The van der Waals surface area contributed by atoms with Crippen molar-refractivity contribution in [1.82, 2.24) is 17.7 Å². The lowest BCUT2D eigenvalue weighted by Gasteiger charge is -2.34. The van der Waals surface area contributed by atoms with E-state index in [1.807, 2.05) is 8.01 Å². The fourth-order valence-electron chi connectivity index (χ4n) is 5.58. The molecule has 226 valence electrons. The molecule has 4 aromatic rings. The van der Waals surface area contributed by atoms with Gasteiger partial charge >= 0.3 is 6.18 Å². The molecule has 1 atom stereocenters. The molecule has 0 aliphatic carbocycles. The van der Waals surface area contributed by atoms with Gasteiger partial charge in [0.1, 0.15) is 29.0 Å². The van der Waals surface area contributed by atoms with Crippen LogP contribution in [0.2, 0.25) is 0 Å². The third-order valence-electron chi connectivity index (χ3n) is 7.67. The molecular weight excluding hydrogens is 691 g/mol. The van der Waals surface area contributed by atoms with Crippen LogP contribution in [0.25, 0.3) is 5.65 Å². The molecule has 2 aliphatic heterocycles. The number of carbonyl (C=O) groups excluding carboxylic acids is 1. The van der Waals surface area contributed by atoms with E-state index in [2.05, 4.69) is 38.3 Å². The van der Waals surface area contributed by atoms with Crippen LogP contribution in [0.3, 0.4) is 0 Å². The van der Waals surface area contributed by atoms with Gasteiger partial charge in [0.15, 0.2) is 5.65 Å². The van der Waals surface area contributed by atoms with Crippen LogP contribution in [-0.2, 0) is 6.18 Å². The fraction of sp³-hybridized carbons (Fsp3) is 0.321. The zero-order chi connectivity index (χ0) is 30.5. The molecule has 0 radical (unpaired) electrons. The molecule has 2 aromatic carbocycles. The third kappa shape index (κ3) is 5.83. The van der Waals surface area contributed by atoms with E-state index in [1.165, 1.54) is 15.6 Å². The van der Waals surface area contributed by atoms with E-state index in [9.17, 15) is 26.7 Å². The quantitative estimate of drug-likeness (QED) is 0.150. The molecule has 43 heavy (non-hydrogen) atoms. The lowest BCUT2D eigenvalue weighted by molar-refractivity contribution is -0.137. The number of fused-ring (bicyclic) bond motifs is 1. The number of nitrogens with one attached hydrogen (secondary N) is 1. The SMILES string of the molecule is O=C(Nc1cnn2ccc(N3CCC[C@@H]3c3cc(F)ccc3F)nc12)c1cc(C(F)(F)F)c(N2CCN(I)CC2)cc1F. The van der Waals surface area contributed by atoms with Crippen LogP contribution in [0.4, 0.5) is 43.5 Å². The number of piperazine rings is 1. The Hall–Kier alpha value is -3.60. The van der Waals surface area contributed by atoms with Gasteiger partial charge in [-0.2, -0.15) is 18.3 Å². The summed E-state index contributed by atoms with van der Waals surface area (Å²) in [7, 11) is 0. The number of halogens is 7. The first-order chi connectivity index (χ1) is 20.5. The van der Waals surface area contributed by atoms with Crippen LogP contribution in [-0.4, -0.2) is 56.3 Å². The van der Waals surface area contributed by atoms with Crippen molar-refractivity contribution in [2.24, 2.45) is 0 Å². The fourth-order valence-corrected chi connectivity index (χ4v) is 6.01. The van der Waals surface area contributed by atoms with Gasteiger partial charge in [0.2, 0.25) is 0 Å². The first-order valence-electron chi connectivity index (χ1n) is 13.4. The number of benzene rings is 2. The van der Waals surface area contributed by atoms with Crippen molar-refractivity contribution in [3.8, 4) is 0 Å². The molecule has 2 fully saturated rings. The van der Waals surface area contributed by atoms with E-state index in [4.69, 9.17) is 0 Å². The molecule has 4 heterocycles.